The van der Waals surface area contributed by atoms with E-state index in [4.69, 9.17) is 4.74 Å². The molecule has 3 rings (SSSR count). The van der Waals surface area contributed by atoms with Gasteiger partial charge in [0.1, 0.15) is 11.8 Å². The SMILES string of the molecule is CC(C)(C)NC(=O)C1CSCN1C(=O)c1ccc2c(c1)OCC(=O)N2. The summed E-state index contributed by atoms with van der Waals surface area (Å²) in [7, 11) is 0. The average molecular weight is 363 g/mol. The van der Waals surface area contributed by atoms with Gasteiger partial charge in [0.05, 0.1) is 11.6 Å². The van der Waals surface area contributed by atoms with Gasteiger partial charge in [-0.2, -0.15) is 0 Å². The van der Waals surface area contributed by atoms with Gasteiger partial charge in [-0.05, 0) is 39.0 Å². The standard InChI is InChI=1S/C17H21N3O4S/c1-17(2,3)19-15(22)12-8-25-9-20(12)16(23)10-4-5-11-13(6-10)24-7-14(21)18-11/h4-6,12H,7-9H2,1-3H3,(H,18,21)(H,19,22). The second-order valence-electron chi connectivity index (χ2n) is 7.08. The molecule has 0 aliphatic carbocycles. The predicted molar refractivity (Wildman–Crippen MR) is 95.7 cm³/mol. The molecule has 0 aromatic heterocycles. The van der Waals surface area contributed by atoms with E-state index in [9.17, 15) is 14.4 Å². The number of fused-ring (bicyclic) bond motifs is 1. The average Bonchev–Trinajstić information content (AvgIpc) is 3.01. The van der Waals surface area contributed by atoms with Crippen LogP contribution in [0.25, 0.3) is 0 Å². The maximum absolute atomic E-state index is 12.9. The van der Waals surface area contributed by atoms with Crippen LogP contribution in [0.15, 0.2) is 18.2 Å². The van der Waals surface area contributed by atoms with E-state index < -0.39 is 6.04 Å². The predicted octanol–water partition coefficient (Wildman–Crippen LogP) is 1.45. The maximum Gasteiger partial charge on any atom is 0.262 e. The van der Waals surface area contributed by atoms with E-state index >= 15 is 0 Å². The van der Waals surface area contributed by atoms with Crippen LogP contribution in [0.2, 0.25) is 0 Å². The fourth-order valence-electron chi connectivity index (χ4n) is 2.69. The van der Waals surface area contributed by atoms with Crippen molar-refractivity contribution in [3.8, 4) is 5.75 Å². The summed E-state index contributed by atoms with van der Waals surface area (Å²) in [5, 5.41) is 5.63. The highest BCUT2D eigenvalue weighted by Gasteiger charge is 2.36. The van der Waals surface area contributed by atoms with Crippen LogP contribution in [0.4, 0.5) is 5.69 Å². The Morgan fingerprint density at radius 2 is 2.12 bits per heavy atom. The molecule has 1 unspecified atom stereocenters. The molecule has 2 aliphatic heterocycles. The molecule has 0 radical (unpaired) electrons. The van der Waals surface area contributed by atoms with Crippen molar-refractivity contribution in [2.24, 2.45) is 0 Å². The van der Waals surface area contributed by atoms with Crippen molar-refractivity contribution in [3.05, 3.63) is 23.8 Å². The number of anilines is 1. The van der Waals surface area contributed by atoms with Crippen molar-refractivity contribution in [2.45, 2.75) is 32.4 Å². The van der Waals surface area contributed by atoms with Gasteiger partial charge < -0.3 is 20.3 Å². The Labute approximate surface area is 150 Å². The van der Waals surface area contributed by atoms with Gasteiger partial charge in [0.15, 0.2) is 6.61 Å². The number of nitrogens with zero attached hydrogens (tertiary/aromatic N) is 1. The van der Waals surface area contributed by atoms with Crippen LogP contribution in [-0.4, -0.2) is 52.4 Å². The van der Waals surface area contributed by atoms with Crippen molar-refractivity contribution < 1.29 is 19.1 Å². The highest BCUT2D eigenvalue weighted by molar-refractivity contribution is 7.99. The second-order valence-corrected chi connectivity index (χ2v) is 8.08. The lowest BCUT2D eigenvalue weighted by atomic mass is 10.1. The Hall–Kier alpha value is -2.22. The Morgan fingerprint density at radius 1 is 1.36 bits per heavy atom. The highest BCUT2D eigenvalue weighted by Crippen LogP contribution is 2.30. The van der Waals surface area contributed by atoms with Crippen molar-refractivity contribution in [3.63, 3.8) is 0 Å². The fraction of sp³-hybridized carbons (Fsp3) is 0.471. The molecular formula is C17H21N3O4S. The number of thioether (sulfide) groups is 1. The first-order valence-corrected chi connectivity index (χ1v) is 9.17. The molecular weight excluding hydrogens is 342 g/mol. The van der Waals surface area contributed by atoms with Crippen LogP contribution >= 0.6 is 11.8 Å². The number of amides is 3. The van der Waals surface area contributed by atoms with Crippen molar-refractivity contribution in [2.75, 3.05) is 23.6 Å². The zero-order valence-corrected chi connectivity index (χ0v) is 15.2. The number of benzene rings is 1. The molecule has 2 N–H and O–H groups in total. The minimum atomic E-state index is -0.492. The van der Waals surface area contributed by atoms with Gasteiger partial charge in [-0.1, -0.05) is 0 Å². The van der Waals surface area contributed by atoms with Gasteiger partial charge in [0, 0.05) is 16.9 Å². The first-order chi connectivity index (χ1) is 11.7. The lowest BCUT2D eigenvalue weighted by Crippen LogP contribution is -2.52. The summed E-state index contributed by atoms with van der Waals surface area (Å²) in [5.41, 5.74) is 0.633. The smallest absolute Gasteiger partial charge is 0.262 e. The minimum absolute atomic E-state index is 0.0686. The van der Waals surface area contributed by atoms with Crippen molar-refractivity contribution in [1.29, 1.82) is 0 Å². The molecule has 8 heteroatoms. The zero-order chi connectivity index (χ0) is 18.2. The summed E-state index contributed by atoms with van der Waals surface area (Å²) < 4.78 is 5.36. The first-order valence-electron chi connectivity index (χ1n) is 8.02. The molecule has 1 atom stereocenters. The van der Waals surface area contributed by atoms with Gasteiger partial charge >= 0.3 is 0 Å². The summed E-state index contributed by atoms with van der Waals surface area (Å²) in [6.07, 6.45) is 0. The number of carbonyl (C=O) groups is 3. The molecule has 1 fully saturated rings. The molecule has 1 saturated heterocycles. The monoisotopic (exact) mass is 363 g/mol. The van der Waals surface area contributed by atoms with Gasteiger partial charge in [0.25, 0.3) is 11.8 Å². The number of hydrogen-bond donors (Lipinski definition) is 2. The highest BCUT2D eigenvalue weighted by atomic mass is 32.2. The zero-order valence-electron chi connectivity index (χ0n) is 14.4. The molecule has 0 saturated carbocycles. The summed E-state index contributed by atoms with van der Waals surface area (Å²) >= 11 is 1.55. The van der Waals surface area contributed by atoms with E-state index in [1.54, 1.807) is 34.9 Å². The maximum atomic E-state index is 12.9. The number of carbonyl (C=O) groups excluding carboxylic acids is 3. The van der Waals surface area contributed by atoms with E-state index in [2.05, 4.69) is 10.6 Å². The lowest BCUT2D eigenvalue weighted by molar-refractivity contribution is -0.126. The van der Waals surface area contributed by atoms with E-state index in [0.29, 0.717) is 28.6 Å². The summed E-state index contributed by atoms with van der Waals surface area (Å²) in [6.45, 7) is 5.66. The summed E-state index contributed by atoms with van der Waals surface area (Å²) in [4.78, 5) is 38.3. The molecule has 1 aromatic rings. The van der Waals surface area contributed by atoms with Crippen LogP contribution in [0, 0.1) is 0 Å². The molecule has 3 amide bonds. The van der Waals surface area contributed by atoms with Crippen LogP contribution in [0.1, 0.15) is 31.1 Å². The Morgan fingerprint density at radius 3 is 2.84 bits per heavy atom. The minimum Gasteiger partial charge on any atom is -0.482 e. The largest absolute Gasteiger partial charge is 0.482 e. The van der Waals surface area contributed by atoms with E-state index in [1.807, 2.05) is 20.8 Å². The van der Waals surface area contributed by atoms with E-state index in [0.717, 1.165) is 0 Å². The fourth-order valence-corrected chi connectivity index (χ4v) is 3.84. The van der Waals surface area contributed by atoms with Crippen LogP contribution < -0.4 is 15.4 Å². The molecule has 7 nitrogen and oxygen atoms in total. The Bertz CT molecular complexity index is 729. The lowest BCUT2D eigenvalue weighted by Gasteiger charge is -2.28. The first kappa shape index (κ1) is 17.6. The Kier molecular flexibility index (Phi) is 4.64. The molecule has 25 heavy (non-hydrogen) atoms. The molecule has 134 valence electrons. The van der Waals surface area contributed by atoms with Crippen molar-refractivity contribution >= 4 is 35.2 Å². The molecule has 2 aliphatic rings. The quantitative estimate of drug-likeness (QED) is 0.830. The number of nitrogens with one attached hydrogen (secondary N) is 2. The van der Waals surface area contributed by atoms with Crippen molar-refractivity contribution in [1.82, 2.24) is 10.2 Å². The third-order valence-corrected chi connectivity index (χ3v) is 4.82. The Balaban J connectivity index is 1.78. The third-order valence-electron chi connectivity index (χ3n) is 3.81. The van der Waals surface area contributed by atoms with Gasteiger partial charge in [-0.3, -0.25) is 14.4 Å². The van der Waals surface area contributed by atoms with Crippen LogP contribution in [0.5, 0.6) is 5.75 Å². The molecule has 2 heterocycles. The van der Waals surface area contributed by atoms with E-state index in [-0.39, 0.29) is 29.9 Å². The molecule has 1 aromatic carbocycles. The number of ether oxygens (including phenoxy) is 1. The summed E-state index contributed by atoms with van der Waals surface area (Å²) in [5.74, 6) is 0.921. The van der Waals surface area contributed by atoms with E-state index in [1.165, 1.54) is 0 Å². The van der Waals surface area contributed by atoms with Gasteiger partial charge in [0.2, 0.25) is 5.91 Å². The van der Waals surface area contributed by atoms with Gasteiger partial charge in [-0.15, -0.1) is 11.8 Å². The summed E-state index contributed by atoms with van der Waals surface area (Å²) in [6, 6.07) is 4.40. The normalized spacial score (nSPS) is 19.7. The topological polar surface area (TPSA) is 87.7 Å². The molecule has 0 spiro atoms. The van der Waals surface area contributed by atoms with Gasteiger partial charge in [-0.25, -0.2) is 0 Å². The molecule has 0 bridgehead atoms. The number of rotatable bonds is 2. The van der Waals surface area contributed by atoms with Crippen LogP contribution in [-0.2, 0) is 9.59 Å². The second kappa shape index (κ2) is 6.59. The number of hydrogen-bond acceptors (Lipinski definition) is 5. The third kappa shape index (κ3) is 3.89. The van der Waals surface area contributed by atoms with Crippen LogP contribution in [0.3, 0.4) is 0 Å².